The molecule has 1 atom stereocenters. The monoisotopic (exact) mass is 391 g/mol. The van der Waals surface area contributed by atoms with Crippen molar-refractivity contribution in [3.63, 3.8) is 0 Å². The Kier molecular flexibility index (Phi) is 5.11. The van der Waals surface area contributed by atoms with E-state index < -0.39 is 10.0 Å². The third-order valence-corrected chi connectivity index (χ3v) is 7.85. The lowest BCUT2D eigenvalue weighted by molar-refractivity contribution is 0.171. The summed E-state index contributed by atoms with van der Waals surface area (Å²) in [7, 11) is -3.54. The normalized spacial score (nSPS) is 21.2. The fourth-order valence-electron chi connectivity index (χ4n) is 3.26. The zero-order chi connectivity index (χ0) is 18.0. The van der Waals surface area contributed by atoms with Crippen molar-refractivity contribution in [1.29, 1.82) is 0 Å². The van der Waals surface area contributed by atoms with Gasteiger partial charge >= 0.3 is 0 Å². The molecular weight excluding hydrogens is 370 g/mol. The van der Waals surface area contributed by atoms with E-state index in [-0.39, 0.29) is 4.90 Å². The highest BCUT2D eigenvalue weighted by molar-refractivity contribution is 7.99. The summed E-state index contributed by atoms with van der Waals surface area (Å²) in [6.45, 7) is 1.97. The minimum absolute atomic E-state index is 0.268. The summed E-state index contributed by atoms with van der Waals surface area (Å²) in [4.78, 5) is 0.268. The third kappa shape index (κ3) is 3.56. The number of hydrogen-bond acceptors (Lipinski definition) is 5. The van der Waals surface area contributed by atoms with Gasteiger partial charge in [0.15, 0.2) is 11.5 Å². The predicted molar refractivity (Wildman–Crippen MR) is 102 cm³/mol. The summed E-state index contributed by atoms with van der Waals surface area (Å²) in [5, 5.41) is 0.330. The molecule has 0 radical (unpaired) electrons. The van der Waals surface area contributed by atoms with Gasteiger partial charge in [0.05, 0.1) is 4.90 Å². The molecule has 0 N–H and O–H groups in total. The number of hydrogen-bond donors (Lipinski definition) is 0. The third-order valence-electron chi connectivity index (χ3n) is 4.62. The molecule has 2 heterocycles. The number of nitrogens with zero attached hydrogens (tertiary/aromatic N) is 1. The number of rotatable bonds is 3. The van der Waals surface area contributed by atoms with Crippen LogP contribution in [-0.4, -0.2) is 44.8 Å². The SMILES string of the molecule is O=S(=O)(c1ccc2c(c1)OCCO2)N1CCS[C@H](c2ccccc2)CC1. The minimum atomic E-state index is -3.54. The van der Waals surface area contributed by atoms with E-state index in [9.17, 15) is 8.42 Å². The van der Waals surface area contributed by atoms with E-state index in [0.29, 0.717) is 43.1 Å². The maximum absolute atomic E-state index is 13.1. The van der Waals surface area contributed by atoms with Gasteiger partial charge < -0.3 is 9.47 Å². The van der Waals surface area contributed by atoms with Crippen LogP contribution < -0.4 is 9.47 Å². The quantitative estimate of drug-likeness (QED) is 0.803. The number of ether oxygens (including phenoxy) is 2. The molecule has 1 fully saturated rings. The minimum Gasteiger partial charge on any atom is -0.486 e. The van der Waals surface area contributed by atoms with Crippen LogP contribution in [0.3, 0.4) is 0 Å². The second-order valence-corrected chi connectivity index (χ2v) is 9.52. The number of sulfonamides is 1. The molecule has 0 unspecified atom stereocenters. The molecule has 138 valence electrons. The van der Waals surface area contributed by atoms with E-state index >= 15 is 0 Å². The summed E-state index contributed by atoms with van der Waals surface area (Å²) in [6.07, 6.45) is 0.804. The number of thioether (sulfide) groups is 1. The van der Waals surface area contributed by atoms with Gasteiger partial charge in [0.1, 0.15) is 13.2 Å². The van der Waals surface area contributed by atoms with E-state index in [4.69, 9.17) is 9.47 Å². The molecule has 2 aliphatic rings. The maximum atomic E-state index is 13.1. The zero-order valence-electron chi connectivity index (χ0n) is 14.3. The molecular formula is C19H21NO4S2. The second-order valence-electron chi connectivity index (χ2n) is 6.27. The largest absolute Gasteiger partial charge is 0.486 e. The first kappa shape index (κ1) is 17.7. The lowest BCUT2D eigenvalue weighted by Gasteiger charge is -2.22. The summed E-state index contributed by atoms with van der Waals surface area (Å²) < 4.78 is 38.8. The van der Waals surface area contributed by atoms with Crippen molar-refractivity contribution in [2.75, 3.05) is 32.1 Å². The molecule has 4 rings (SSSR count). The van der Waals surface area contributed by atoms with Crippen molar-refractivity contribution in [2.45, 2.75) is 16.6 Å². The molecule has 1 saturated heterocycles. The van der Waals surface area contributed by atoms with Crippen molar-refractivity contribution in [2.24, 2.45) is 0 Å². The van der Waals surface area contributed by atoms with Gasteiger partial charge in [-0.25, -0.2) is 8.42 Å². The molecule has 0 saturated carbocycles. The Balaban J connectivity index is 1.53. The first-order valence-corrected chi connectivity index (χ1v) is 11.2. The Hall–Kier alpha value is -1.70. The molecule has 5 nitrogen and oxygen atoms in total. The molecule has 0 spiro atoms. The van der Waals surface area contributed by atoms with E-state index in [2.05, 4.69) is 12.1 Å². The molecule has 0 aromatic heterocycles. The van der Waals surface area contributed by atoms with Crippen LogP contribution >= 0.6 is 11.8 Å². The maximum Gasteiger partial charge on any atom is 0.243 e. The van der Waals surface area contributed by atoms with Gasteiger partial charge in [0.25, 0.3) is 0 Å². The van der Waals surface area contributed by atoms with Gasteiger partial charge in [-0.05, 0) is 24.1 Å². The van der Waals surface area contributed by atoms with Crippen LogP contribution in [-0.2, 0) is 10.0 Å². The van der Waals surface area contributed by atoms with Gasteiger partial charge in [-0.1, -0.05) is 30.3 Å². The van der Waals surface area contributed by atoms with Crippen LogP contribution in [0.4, 0.5) is 0 Å². The highest BCUT2D eigenvalue weighted by Crippen LogP contribution is 2.37. The fourth-order valence-corrected chi connectivity index (χ4v) is 6.08. The highest BCUT2D eigenvalue weighted by Gasteiger charge is 2.29. The van der Waals surface area contributed by atoms with Gasteiger partial charge in [-0.3, -0.25) is 0 Å². The second kappa shape index (κ2) is 7.50. The average molecular weight is 392 g/mol. The Labute approximate surface area is 158 Å². The average Bonchev–Trinajstić information content (AvgIpc) is 2.95. The van der Waals surface area contributed by atoms with E-state index in [0.717, 1.165) is 12.2 Å². The van der Waals surface area contributed by atoms with Crippen molar-refractivity contribution < 1.29 is 17.9 Å². The van der Waals surface area contributed by atoms with Gasteiger partial charge in [-0.2, -0.15) is 16.1 Å². The lowest BCUT2D eigenvalue weighted by atomic mass is 10.1. The molecule has 0 bridgehead atoms. The van der Waals surface area contributed by atoms with Crippen LogP contribution in [0, 0.1) is 0 Å². The first-order chi connectivity index (χ1) is 12.6. The van der Waals surface area contributed by atoms with Crippen LogP contribution in [0.1, 0.15) is 17.2 Å². The Morgan fingerprint density at radius 1 is 0.962 bits per heavy atom. The van der Waals surface area contributed by atoms with Crippen molar-refractivity contribution in [1.82, 2.24) is 4.31 Å². The topological polar surface area (TPSA) is 55.8 Å². The summed E-state index contributed by atoms with van der Waals surface area (Å²) in [6, 6.07) is 15.2. The van der Waals surface area contributed by atoms with Gasteiger partial charge in [0, 0.05) is 30.2 Å². The summed E-state index contributed by atoms with van der Waals surface area (Å²) >= 11 is 1.82. The highest BCUT2D eigenvalue weighted by atomic mass is 32.2. The molecule has 2 aromatic rings. The summed E-state index contributed by atoms with van der Waals surface area (Å²) in [5.41, 5.74) is 1.26. The number of benzene rings is 2. The predicted octanol–water partition coefficient (Wildman–Crippen LogP) is 3.33. The Morgan fingerprint density at radius 3 is 2.54 bits per heavy atom. The van der Waals surface area contributed by atoms with E-state index in [1.54, 1.807) is 22.5 Å². The smallest absolute Gasteiger partial charge is 0.243 e. The van der Waals surface area contributed by atoms with Crippen molar-refractivity contribution in [3.05, 3.63) is 54.1 Å². The van der Waals surface area contributed by atoms with Crippen LogP contribution in [0.2, 0.25) is 0 Å². The zero-order valence-corrected chi connectivity index (χ0v) is 16.0. The summed E-state index contributed by atoms with van der Waals surface area (Å²) in [5.74, 6) is 1.89. The van der Waals surface area contributed by atoms with Crippen LogP contribution in [0.5, 0.6) is 11.5 Å². The van der Waals surface area contributed by atoms with Gasteiger partial charge in [-0.15, -0.1) is 0 Å². The molecule has 2 aliphatic heterocycles. The molecule has 2 aromatic carbocycles. The lowest BCUT2D eigenvalue weighted by Crippen LogP contribution is -2.33. The van der Waals surface area contributed by atoms with E-state index in [1.165, 1.54) is 5.56 Å². The van der Waals surface area contributed by atoms with Crippen molar-refractivity contribution >= 4 is 21.8 Å². The van der Waals surface area contributed by atoms with Crippen LogP contribution in [0.15, 0.2) is 53.4 Å². The Morgan fingerprint density at radius 2 is 1.73 bits per heavy atom. The van der Waals surface area contributed by atoms with E-state index in [1.807, 2.05) is 30.0 Å². The molecule has 26 heavy (non-hydrogen) atoms. The first-order valence-electron chi connectivity index (χ1n) is 8.71. The Bertz CT molecular complexity index is 870. The standard InChI is InChI=1S/C19H21NO4S2/c21-26(22,16-6-7-17-18(14-16)24-12-11-23-17)20-9-8-19(25-13-10-20)15-4-2-1-3-5-15/h1-7,14,19H,8-13H2/t19-/m0/s1. The molecule has 0 amide bonds. The molecule has 0 aliphatic carbocycles. The van der Waals surface area contributed by atoms with Crippen molar-refractivity contribution in [3.8, 4) is 11.5 Å². The molecule has 7 heteroatoms. The van der Waals surface area contributed by atoms with Gasteiger partial charge in [0.2, 0.25) is 10.0 Å². The number of fused-ring (bicyclic) bond motifs is 1. The fraction of sp³-hybridized carbons (Fsp3) is 0.368. The van der Waals surface area contributed by atoms with Crippen LogP contribution in [0.25, 0.3) is 0 Å².